The highest BCUT2D eigenvalue weighted by Crippen LogP contribution is 2.09. The lowest BCUT2D eigenvalue weighted by molar-refractivity contribution is -0.122. The van der Waals surface area contributed by atoms with Crippen molar-refractivity contribution in [3.05, 3.63) is 0 Å². The summed E-state index contributed by atoms with van der Waals surface area (Å²) in [6, 6.07) is 0. The number of carbonyl (C=O) groups is 1. The molecule has 0 aliphatic carbocycles. The zero-order valence-corrected chi connectivity index (χ0v) is 7.31. The highest BCUT2D eigenvalue weighted by atomic mass is 16.1. The maximum atomic E-state index is 11.1. The summed E-state index contributed by atoms with van der Waals surface area (Å²) in [4.78, 5) is 11.1. The lowest BCUT2D eigenvalue weighted by atomic mass is 9.98. The van der Waals surface area contributed by atoms with E-state index < -0.39 is 0 Å². The van der Waals surface area contributed by atoms with Crippen LogP contribution in [0, 0.1) is 5.92 Å². The molecule has 1 unspecified atom stereocenters. The molecule has 0 aromatic carbocycles. The molecule has 1 atom stereocenters. The van der Waals surface area contributed by atoms with E-state index in [1.165, 1.54) is 0 Å². The smallest absolute Gasteiger partial charge is 0.135 e. The monoisotopic (exact) mass is 142 g/mol. The normalized spacial score (nSPS) is 13.1. The van der Waals surface area contributed by atoms with E-state index in [4.69, 9.17) is 0 Å². The van der Waals surface area contributed by atoms with Gasteiger partial charge in [-0.3, -0.25) is 4.79 Å². The van der Waals surface area contributed by atoms with Crippen molar-refractivity contribution in [1.29, 1.82) is 0 Å². The summed E-state index contributed by atoms with van der Waals surface area (Å²) in [6.45, 7) is 6.20. The lowest BCUT2D eigenvalue weighted by Crippen LogP contribution is -2.09. The molecule has 0 aliphatic rings. The summed E-state index contributed by atoms with van der Waals surface area (Å²) in [5.74, 6) is 0.731. The Morgan fingerprint density at radius 2 is 1.90 bits per heavy atom. The van der Waals surface area contributed by atoms with Crippen LogP contribution in [0.3, 0.4) is 0 Å². The Bertz CT molecular complexity index is 96.9. The molecule has 0 heterocycles. The molecule has 1 heteroatoms. The standard InChI is InChI=1S/C9H18O/c1-4-6-8(3)9(10)7-5-2/h8H,4-7H2,1-3H3. The van der Waals surface area contributed by atoms with Gasteiger partial charge in [0.2, 0.25) is 0 Å². The molecule has 0 aromatic rings. The molecule has 0 bridgehead atoms. The predicted octanol–water partition coefficient (Wildman–Crippen LogP) is 2.79. The van der Waals surface area contributed by atoms with Gasteiger partial charge in [-0.05, 0) is 12.8 Å². The first-order valence-corrected chi connectivity index (χ1v) is 4.25. The van der Waals surface area contributed by atoms with E-state index >= 15 is 0 Å². The minimum absolute atomic E-state index is 0.296. The summed E-state index contributed by atoms with van der Waals surface area (Å²) in [5, 5.41) is 0. The molecule has 0 saturated heterocycles. The van der Waals surface area contributed by atoms with Crippen molar-refractivity contribution >= 4 is 5.78 Å². The Hall–Kier alpha value is -0.330. The first kappa shape index (κ1) is 9.67. The third kappa shape index (κ3) is 3.65. The molecule has 0 N–H and O–H groups in total. The Balaban J connectivity index is 3.49. The zero-order chi connectivity index (χ0) is 7.98. The van der Waals surface area contributed by atoms with Gasteiger partial charge in [0.05, 0.1) is 0 Å². The van der Waals surface area contributed by atoms with Gasteiger partial charge in [0.25, 0.3) is 0 Å². The molecule has 0 saturated carbocycles. The fraction of sp³-hybridized carbons (Fsp3) is 0.889. The van der Waals surface area contributed by atoms with Crippen LogP contribution in [0.1, 0.15) is 46.5 Å². The quantitative estimate of drug-likeness (QED) is 0.577. The van der Waals surface area contributed by atoms with Gasteiger partial charge in [-0.25, -0.2) is 0 Å². The van der Waals surface area contributed by atoms with E-state index in [1.54, 1.807) is 0 Å². The van der Waals surface area contributed by atoms with Crippen LogP contribution in [0.5, 0.6) is 0 Å². The molecular formula is C9H18O. The van der Waals surface area contributed by atoms with Gasteiger partial charge in [-0.1, -0.05) is 27.2 Å². The van der Waals surface area contributed by atoms with Crippen LogP contribution < -0.4 is 0 Å². The van der Waals surface area contributed by atoms with Crippen molar-refractivity contribution in [3.63, 3.8) is 0 Å². The van der Waals surface area contributed by atoms with Crippen LogP contribution in [-0.4, -0.2) is 5.78 Å². The number of Topliss-reactive ketones (excluding diaryl/α,β-unsaturated/α-hetero) is 1. The van der Waals surface area contributed by atoms with Gasteiger partial charge < -0.3 is 0 Å². The van der Waals surface area contributed by atoms with Gasteiger partial charge in [0.15, 0.2) is 0 Å². The van der Waals surface area contributed by atoms with Crippen molar-refractivity contribution in [3.8, 4) is 0 Å². The van der Waals surface area contributed by atoms with Gasteiger partial charge >= 0.3 is 0 Å². The Morgan fingerprint density at radius 3 is 2.30 bits per heavy atom. The molecule has 0 spiro atoms. The molecule has 10 heavy (non-hydrogen) atoms. The Labute approximate surface area is 63.8 Å². The highest BCUT2D eigenvalue weighted by molar-refractivity contribution is 5.80. The fourth-order valence-corrected chi connectivity index (χ4v) is 1.09. The van der Waals surface area contributed by atoms with Crippen molar-refractivity contribution in [1.82, 2.24) is 0 Å². The molecule has 0 radical (unpaired) electrons. The molecule has 1 nitrogen and oxygen atoms in total. The third-order valence-corrected chi connectivity index (χ3v) is 1.77. The number of hydrogen-bond acceptors (Lipinski definition) is 1. The number of ketones is 1. The van der Waals surface area contributed by atoms with E-state index in [9.17, 15) is 4.79 Å². The zero-order valence-electron chi connectivity index (χ0n) is 7.31. The summed E-state index contributed by atoms with van der Waals surface area (Å²) >= 11 is 0. The largest absolute Gasteiger partial charge is 0.299 e. The van der Waals surface area contributed by atoms with E-state index in [0.717, 1.165) is 25.7 Å². The van der Waals surface area contributed by atoms with E-state index in [1.807, 2.05) is 6.92 Å². The summed E-state index contributed by atoms with van der Waals surface area (Å²) in [7, 11) is 0. The van der Waals surface area contributed by atoms with Crippen LogP contribution in [0.2, 0.25) is 0 Å². The summed E-state index contributed by atoms with van der Waals surface area (Å²) in [6.07, 6.45) is 3.93. The second-order valence-electron chi connectivity index (χ2n) is 2.91. The first-order chi connectivity index (χ1) is 4.72. The lowest BCUT2D eigenvalue weighted by Gasteiger charge is -2.06. The van der Waals surface area contributed by atoms with Crippen molar-refractivity contribution in [2.75, 3.05) is 0 Å². The van der Waals surface area contributed by atoms with Crippen LogP contribution in [0.4, 0.5) is 0 Å². The van der Waals surface area contributed by atoms with Crippen LogP contribution >= 0.6 is 0 Å². The maximum Gasteiger partial charge on any atom is 0.135 e. The predicted molar refractivity (Wildman–Crippen MR) is 44.0 cm³/mol. The second kappa shape index (κ2) is 5.45. The average Bonchev–Trinajstić information content (AvgIpc) is 1.89. The number of carbonyl (C=O) groups excluding carboxylic acids is 1. The van der Waals surface area contributed by atoms with Crippen molar-refractivity contribution in [2.45, 2.75) is 46.5 Å². The molecule has 0 amide bonds. The fourth-order valence-electron chi connectivity index (χ4n) is 1.09. The maximum absolute atomic E-state index is 11.1. The molecule has 60 valence electrons. The average molecular weight is 142 g/mol. The molecule has 0 aliphatic heterocycles. The topological polar surface area (TPSA) is 17.1 Å². The Kier molecular flexibility index (Phi) is 5.27. The molecular weight excluding hydrogens is 124 g/mol. The second-order valence-corrected chi connectivity index (χ2v) is 2.91. The van der Waals surface area contributed by atoms with E-state index in [2.05, 4.69) is 13.8 Å². The summed E-state index contributed by atoms with van der Waals surface area (Å²) in [5.41, 5.74) is 0. The number of hydrogen-bond donors (Lipinski definition) is 0. The third-order valence-electron chi connectivity index (χ3n) is 1.77. The minimum atomic E-state index is 0.296. The SMILES string of the molecule is CCCC(=O)C(C)CCC. The van der Waals surface area contributed by atoms with Gasteiger partial charge in [0, 0.05) is 12.3 Å². The molecule has 0 aromatic heterocycles. The molecule has 0 rings (SSSR count). The van der Waals surface area contributed by atoms with E-state index in [0.29, 0.717) is 11.7 Å². The Morgan fingerprint density at radius 1 is 1.30 bits per heavy atom. The van der Waals surface area contributed by atoms with Crippen LogP contribution in [0.25, 0.3) is 0 Å². The van der Waals surface area contributed by atoms with Gasteiger partial charge in [-0.2, -0.15) is 0 Å². The first-order valence-electron chi connectivity index (χ1n) is 4.25. The minimum Gasteiger partial charge on any atom is -0.299 e. The van der Waals surface area contributed by atoms with E-state index in [-0.39, 0.29) is 0 Å². The highest BCUT2D eigenvalue weighted by Gasteiger charge is 2.09. The van der Waals surface area contributed by atoms with Crippen LogP contribution in [-0.2, 0) is 4.79 Å². The van der Waals surface area contributed by atoms with Crippen molar-refractivity contribution in [2.24, 2.45) is 5.92 Å². The van der Waals surface area contributed by atoms with Crippen LogP contribution in [0.15, 0.2) is 0 Å². The number of rotatable bonds is 5. The van der Waals surface area contributed by atoms with Crippen molar-refractivity contribution < 1.29 is 4.79 Å². The molecule has 0 fully saturated rings. The summed E-state index contributed by atoms with van der Waals surface area (Å²) < 4.78 is 0. The van der Waals surface area contributed by atoms with Gasteiger partial charge in [-0.15, -0.1) is 0 Å². The van der Waals surface area contributed by atoms with Gasteiger partial charge in [0.1, 0.15) is 5.78 Å².